The minimum Gasteiger partial charge on any atom is -0.353 e. The van der Waals surface area contributed by atoms with Gasteiger partial charge in [-0.1, -0.05) is 30.3 Å². The second kappa shape index (κ2) is 6.88. The van der Waals surface area contributed by atoms with Crippen molar-refractivity contribution in [1.82, 2.24) is 25.1 Å². The van der Waals surface area contributed by atoms with E-state index in [-0.39, 0.29) is 5.82 Å². The third-order valence-electron chi connectivity index (χ3n) is 5.47. The average Bonchev–Trinajstić information content (AvgIpc) is 3.43. The molecule has 2 aromatic carbocycles. The number of benzene rings is 2. The Bertz CT molecular complexity index is 1550. The number of rotatable bonds is 3. The number of halogens is 1. The predicted octanol–water partition coefficient (Wildman–Crippen LogP) is 5.97. The molecule has 0 unspecified atom stereocenters. The Labute approximate surface area is 176 Å². The first-order valence-corrected chi connectivity index (χ1v) is 9.90. The zero-order valence-corrected chi connectivity index (χ0v) is 16.3. The second-order valence-electron chi connectivity index (χ2n) is 7.33. The van der Waals surface area contributed by atoms with E-state index in [0.29, 0.717) is 5.56 Å². The van der Waals surface area contributed by atoms with Gasteiger partial charge in [0.15, 0.2) is 0 Å². The number of aromatic amines is 2. The van der Waals surface area contributed by atoms with Crippen LogP contribution in [0.15, 0.2) is 85.2 Å². The molecule has 0 aliphatic carbocycles. The molecule has 148 valence electrons. The van der Waals surface area contributed by atoms with Crippen LogP contribution in [0.2, 0.25) is 0 Å². The number of hydrogen-bond donors (Lipinski definition) is 2. The van der Waals surface area contributed by atoms with Crippen molar-refractivity contribution in [3.05, 3.63) is 91.0 Å². The number of pyridine rings is 2. The Kier molecular flexibility index (Phi) is 3.89. The van der Waals surface area contributed by atoms with E-state index in [1.165, 1.54) is 6.07 Å². The molecule has 31 heavy (non-hydrogen) atoms. The minimum atomic E-state index is -0.244. The molecule has 0 aliphatic heterocycles. The molecular formula is C25H16FN5. The van der Waals surface area contributed by atoms with Gasteiger partial charge in [-0.3, -0.25) is 10.1 Å². The number of H-pyrrole nitrogens is 2. The summed E-state index contributed by atoms with van der Waals surface area (Å²) in [7, 11) is 0. The maximum absolute atomic E-state index is 14.5. The summed E-state index contributed by atoms with van der Waals surface area (Å²) in [6.45, 7) is 0. The van der Waals surface area contributed by atoms with E-state index in [1.807, 2.05) is 54.6 Å². The lowest BCUT2D eigenvalue weighted by Crippen LogP contribution is -1.86. The summed E-state index contributed by atoms with van der Waals surface area (Å²) in [5, 5.41) is 8.50. The summed E-state index contributed by atoms with van der Waals surface area (Å²) in [6, 6.07) is 22.4. The van der Waals surface area contributed by atoms with Crippen LogP contribution in [0.4, 0.5) is 4.39 Å². The highest BCUT2D eigenvalue weighted by Gasteiger charge is 2.16. The minimum absolute atomic E-state index is 0.244. The quantitative estimate of drug-likeness (QED) is 0.381. The van der Waals surface area contributed by atoms with Gasteiger partial charge in [-0.15, -0.1) is 0 Å². The molecule has 4 aromatic heterocycles. The smallest absolute Gasteiger partial charge is 0.135 e. The summed E-state index contributed by atoms with van der Waals surface area (Å²) in [6.07, 6.45) is 3.50. The maximum atomic E-state index is 14.5. The number of nitrogens with zero attached hydrogens (tertiary/aromatic N) is 3. The molecule has 0 bridgehead atoms. The highest BCUT2D eigenvalue weighted by atomic mass is 19.1. The van der Waals surface area contributed by atoms with Crippen LogP contribution >= 0.6 is 0 Å². The largest absolute Gasteiger partial charge is 0.353 e. The normalized spacial score (nSPS) is 11.4. The standard InChI is InChI=1S/C25H16FN5/c26-19-6-2-1-4-17(19)16-5-3-7-21-18(16)14-23(28-21)25-24-22(30-31-25)9-8-20(29-24)15-10-12-27-13-11-15/h1-14,28H,(H,30,31). The van der Waals surface area contributed by atoms with E-state index in [2.05, 4.69) is 20.2 Å². The van der Waals surface area contributed by atoms with Crippen molar-refractivity contribution < 1.29 is 4.39 Å². The molecule has 0 saturated carbocycles. The average molecular weight is 405 g/mol. The van der Waals surface area contributed by atoms with E-state index >= 15 is 0 Å². The second-order valence-corrected chi connectivity index (χ2v) is 7.33. The van der Waals surface area contributed by atoms with Crippen LogP contribution in [0.1, 0.15) is 0 Å². The SMILES string of the molecule is Fc1ccccc1-c1cccc2[nH]c(-c3n[nH]c4ccc(-c5ccncc5)nc34)cc12. The highest BCUT2D eigenvalue weighted by molar-refractivity contribution is 6.00. The number of hydrogen-bond acceptors (Lipinski definition) is 3. The molecule has 0 saturated heterocycles. The van der Waals surface area contributed by atoms with Crippen molar-refractivity contribution >= 4 is 21.9 Å². The first-order chi connectivity index (χ1) is 15.3. The monoisotopic (exact) mass is 405 g/mol. The molecular weight excluding hydrogens is 389 g/mol. The Morgan fingerprint density at radius 2 is 1.61 bits per heavy atom. The lowest BCUT2D eigenvalue weighted by atomic mass is 10.0. The molecule has 0 aliphatic rings. The summed E-state index contributed by atoms with van der Waals surface area (Å²) >= 11 is 0. The van der Waals surface area contributed by atoms with Crippen molar-refractivity contribution in [1.29, 1.82) is 0 Å². The van der Waals surface area contributed by atoms with Crippen LogP contribution in [-0.2, 0) is 0 Å². The maximum Gasteiger partial charge on any atom is 0.135 e. The zero-order valence-electron chi connectivity index (χ0n) is 16.3. The third-order valence-corrected chi connectivity index (χ3v) is 5.47. The van der Waals surface area contributed by atoms with Gasteiger partial charge in [0.1, 0.15) is 17.0 Å². The first kappa shape index (κ1) is 17.5. The van der Waals surface area contributed by atoms with Crippen LogP contribution in [0, 0.1) is 5.82 Å². The molecule has 0 fully saturated rings. The van der Waals surface area contributed by atoms with Crippen LogP contribution in [0.3, 0.4) is 0 Å². The van der Waals surface area contributed by atoms with Crippen LogP contribution < -0.4 is 0 Å². The molecule has 6 heteroatoms. The Hall–Kier alpha value is -4.32. The summed E-state index contributed by atoms with van der Waals surface area (Å²) in [5.74, 6) is -0.244. The number of nitrogens with one attached hydrogen (secondary N) is 2. The Balaban J connectivity index is 1.53. The van der Waals surface area contributed by atoms with Crippen molar-refractivity contribution in [2.24, 2.45) is 0 Å². The van der Waals surface area contributed by atoms with E-state index in [0.717, 1.165) is 50.1 Å². The predicted molar refractivity (Wildman–Crippen MR) is 120 cm³/mol. The van der Waals surface area contributed by atoms with Gasteiger partial charge >= 0.3 is 0 Å². The van der Waals surface area contributed by atoms with Crippen molar-refractivity contribution in [2.45, 2.75) is 0 Å². The summed E-state index contributed by atoms with van der Waals surface area (Å²) < 4.78 is 14.5. The zero-order chi connectivity index (χ0) is 20.8. The Morgan fingerprint density at radius 3 is 2.48 bits per heavy atom. The fourth-order valence-corrected chi connectivity index (χ4v) is 3.97. The number of aromatic nitrogens is 5. The van der Waals surface area contributed by atoms with Gasteiger partial charge in [-0.05, 0) is 48.0 Å². The van der Waals surface area contributed by atoms with Gasteiger partial charge in [-0.25, -0.2) is 9.37 Å². The third kappa shape index (κ3) is 2.88. The van der Waals surface area contributed by atoms with Crippen LogP contribution in [-0.4, -0.2) is 25.1 Å². The van der Waals surface area contributed by atoms with Crippen molar-refractivity contribution in [2.75, 3.05) is 0 Å². The van der Waals surface area contributed by atoms with Gasteiger partial charge in [0.2, 0.25) is 0 Å². The lowest BCUT2D eigenvalue weighted by molar-refractivity contribution is 0.631. The number of fused-ring (bicyclic) bond motifs is 2. The van der Waals surface area contributed by atoms with Gasteiger partial charge in [0.05, 0.1) is 16.9 Å². The molecule has 0 spiro atoms. The van der Waals surface area contributed by atoms with E-state index < -0.39 is 0 Å². The summed E-state index contributed by atoms with van der Waals surface area (Å²) in [4.78, 5) is 12.3. The van der Waals surface area contributed by atoms with Gasteiger partial charge in [-0.2, -0.15) is 5.10 Å². The summed E-state index contributed by atoms with van der Waals surface area (Å²) in [5.41, 5.74) is 7.33. The van der Waals surface area contributed by atoms with Crippen LogP contribution in [0.25, 0.3) is 55.7 Å². The molecule has 4 heterocycles. The molecule has 0 amide bonds. The van der Waals surface area contributed by atoms with E-state index in [4.69, 9.17) is 4.98 Å². The highest BCUT2D eigenvalue weighted by Crippen LogP contribution is 2.35. The van der Waals surface area contributed by atoms with Gasteiger partial charge < -0.3 is 4.98 Å². The van der Waals surface area contributed by atoms with Gasteiger partial charge in [0.25, 0.3) is 0 Å². The van der Waals surface area contributed by atoms with Gasteiger partial charge in [0, 0.05) is 34.4 Å². The fourth-order valence-electron chi connectivity index (χ4n) is 3.97. The fraction of sp³-hybridized carbons (Fsp3) is 0. The Morgan fingerprint density at radius 1 is 0.774 bits per heavy atom. The molecule has 5 nitrogen and oxygen atoms in total. The van der Waals surface area contributed by atoms with E-state index in [9.17, 15) is 4.39 Å². The van der Waals surface area contributed by atoms with Crippen molar-refractivity contribution in [3.63, 3.8) is 0 Å². The molecule has 0 atom stereocenters. The lowest BCUT2D eigenvalue weighted by Gasteiger charge is -2.04. The molecule has 0 radical (unpaired) electrons. The first-order valence-electron chi connectivity index (χ1n) is 9.90. The molecule has 2 N–H and O–H groups in total. The van der Waals surface area contributed by atoms with E-state index in [1.54, 1.807) is 24.5 Å². The van der Waals surface area contributed by atoms with Crippen molar-refractivity contribution in [3.8, 4) is 33.8 Å². The molecule has 6 aromatic rings. The van der Waals surface area contributed by atoms with Crippen LogP contribution in [0.5, 0.6) is 0 Å². The topological polar surface area (TPSA) is 70.2 Å². The molecule has 6 rings (SSSR count).